The lowest BCUT2D eigenvalue weighted by atomic mass is 9.94. The van der Waals surface area contributed by atoms with Gasteiger partial charge in [0.05, 0.1) is 29.9 Å². The van der Waals surface area contributed by atoms with Crippen LogP contribution >= 0.6 is 0 Å². The number of nitrogens with one attached hydrogen (secondary N) is 1. The van der Waals surface area contributed by atoms with Crippen molar-refractivity contribution >= 4 is 11.6 Å². The molecule has 0 bridgehead atoms. The number of H-pyrrole nitrogens is 1. The van der Waals surface area contributed by atoms with Crippen LogP contribution in [0.3, 0.4) is 0 Å². The molecule has 0 unspecified atom stereocenters. The minimum atomic E-state index is 0.507. The summed E-state index contributed by atoms with van der Waals surface area (Å²) in [5.41, 5.74) is 5.52. The minimum absolute atomic E-state index is 0.507. The summed E-state index contributed by atoms with van der Waals surface area (Å²) in [4.78, 5) is 9.63. The number of fused-ring (bicyclic) bond motifs is 1. The lowest BCUT2D eigenvalue weighted by molar-refractivity contribution is 0.235. The fourth-order valence-electron chi connectivity index (χ4n) is 3.15. The molecule has 22 heavy (non-hydrogen) atoms. The first kappa shape index (κ1) is 14.6. The minimum Gasteiger partial charge on any atom is -0.345 e. The molecule has 0 radical (unpaired) electrons. The van der Waals surface area contributed by atoms with E-state index in [1.54, 1.807) is 6.33 Å². The Morgan fingerprint density at radius 3 is 3.05 bits per heavy atom. The van der Waals surface area contributed by atoms with E-state index >= 15 is 0 Å². The zero-order valence-corrected chi connectivity index (χ0v) is 13.0. The van der Waals surface area contributed by atoms with Crippen molar-refractivity contribution in [3.8, 4) is 6.07 Å². The molecule has 4 nitrogen and oxygen atoms in total. The van der Waals surface area contributed by atoms with Crippen molar-refractivity contribution in [3.05, 3.63) is 53.1 Å². The number of aromatic amines is 1. The maximum atomic E-state index is 9.16. The monoisotopic (exact) mass is 292 g/mol. The Hall–Kier alpha value is -2.38. The molecular weight excluding hydrogens is 272 g/mol. The highest BCUT2D eigenvalue weighted by molar-refractivity contribution is 5.82. The van der Waals surface area contributed by atoms with Crippen molar-refractivity contribution in [3.63, 3.8) is 0 Å². The number of rotatable bonds is 2. The van der Waals surface area contributed by atoms with E-state index in [2.05, 4.69) is 47.1 Å². The summed E-state index contributed by atoms with van der Waals surface area (Å²) >= 11 is 0. The fraction of sp³-hybridized carbons (Fsp3) is 0.333. The van der Waals surface area contributed by atoms with Gasteiger partial charge in [-0.05, 0) is 54.8 Å². The lowest BCUT2D eigenvalue weighted by Gasteiger charge is -2.24. The molecule has 0 aliphatic carbocycles. The lowest BCUT2D eigenvalue weighted by Crippen LogP contribution is -2.29. The topological polar surface area (TPSA) is 55.7 Å². The van der Waals surface area contributed by atoms with Crippen LogP contribution in [0.25, 0.3) is 11.6 Å². The second-order valence-corrected chi connectivity index (χ2v) is 5.84. The van der Waals surface area contributed by atoms with E-state index in [-0.39, 0.29) is 0 Å². The largest absolute Gasteiger partial charge is 0.345 e. The van der Waals surface area contributed by atoms with Gasteiger partial charge in [-0.25, -0.2) is 4.98 Å². The number of imidazole rings is 1. The van der Waals surface area contributed by atoms with Gasteiger partial charge in [-0.15, -0.1) is 0 Å². The molecule has 0 saturated carbocycles. The molecule has 0 saturated heterocycles. The summed E-state index contributed by atoms with van der Waals surface area (Å²) in [6, 6.07) is 8.76. The maximum Gasteiger partial charge on any atom is 0.0991 e. The Morgan fingerprint density at radius 1 is 1.50 bits per heavy atom. The van der Waals surface area contributed by atoms with Gasteiger partial charge in [0.15, 0.2) is 0 Å². The molecule has 1 aliphatic rings. The van der Waals surface area contributed by atoms with E-state index < -0.39 is 0 Å². The van der Waals surface area contributed by atoms with Gasteiger partial charge in [0, 0.05) is 12.6 Å². The van der Waals surface area contributed by atoms with Crippen LogP contribution < -0.4 is 0 Å². The highest BCUT2D eigenvalue weighted by atomic mass is 15.1. The molecule has 4 heteroatoms. The summed E-state index contributed by atoms with van der Waals surface area (Å²) in [6.07, 6.45) is 7.83. The predicted octanol–water partition coefficient (Wildman–Crippen LogP) is 3.44. The quantitative estimate of drug-likeness (QED) is 0.922. The molecule has 1 N–H and O–H groups in total. The predicted molar refractivity (Wildman–Crippen MR) is 87.8 cm³/mol. The molecule has 0 fully saturated rings. The molecule has 3 rings (SSSR count). The van der Waals surface area contributed by atoms with Crippen molar-refractivity contribution in [2.45, 2.75) is 32.4 Å². The van der Waals surface area contributed by atoms with Crippen LogP contribution in [0.1, 0.15) is 42.1 Å². The number of nitrogens with zero attached hydrogens (tertiary/aromatic N) is 3. The summed E-state index contributed by atoms with van der Waals surface area (Å²) in [6.45, 7) is 3.11. The van der Waals surface area contributed by atoms with Gasteiger partial charge in [0.25, 0.3) is 0 Å². The van der Waals surface area contributed by atoms with Gasteiger partial charge in [0.1, 0.15) is 0 Å². The standard InChI is InChI=1S/C18H20N4/c1-3-17-8-14(7-16-10-20-12-21-16)18-5-4-13(9-19)6-15(18)11-22(17)2/h4-7,10,12,17H,3,8,11H2,1-2H3,(H,20,21)/b14-7+/t17-/m1/s1. The molecule has 1 aliphatic heterocycles. The second kappa shape index (κ2) is 6.17. The van der Waals surface area contributed by atoms with E-state index in [9.17, 15) is 0 Å². The average molecular weight is 292 g/mol. The summed E-state index contributed by atoms with van der Waals surface area (Å²) < 4.78 is 0. The van der Waals surface area contributed by atoms with E-state index in [0.717, 1.165) is 30.6 Å². The number of benzene rings is 1. The SMILES string of the molecule is CC[C@@H]1C/C(=C\c2cnc[nH]2)c2ccc(C#N)cc2CN1C. The summed E-state index contributed by atoms with van der Waals surface area (Å²) in [7, 11) is 2.16. The Kier molecular flexibility index (Phi) is 4.08. The molecule has 1 aromatic carbocycles. The molecule has 0 spiro atoms. The third-order valence-corrected chi connectivity index (χ3v) is 4.40. The summed E-state index contributed by atoms with van der Waals surface area (Å²) in [5, 5.41) is 9.16. The molecule has 2 heterocycles. The zero-order valence-electron chi connectivity index (χ0n) is 13.0. The van der Waals surface area contributed by atoms with Crippen LogP contribution in [-0.4, -0.2) is 28.0 Å². The summed E-state index contributed by atoms with van der Waals surface area (Å²) in [5.74, 6) is 0. The van der Waals surface area contributed by atoms with Gasteiger partial charge < -0.3 is 4.98 Å². The van der Waals surface area contributed by atoms with Crippen molar-refractivity contribution in [1.29, 1.82) is 5.26 Å². The zero-order chi connectivity index (χ0) is 15.5. The van der Waals surface area contributed by atoms with Gasteiger partial charge in [-0.3, -0.25) is 4.90 Å². The maximum absolute atomic E-state index is 9.16. The third kappa shape index (κ3) is 2.81. The van der Waals surface area contributed by atoms with E-state index in [4.69, 9.17) is 5.26 Å². The Balaban J connectivity index is 2.10. The molecule has 0 amide bonds. The van der Waals surface area contributed by atoms with Crippen LogP contribution in [0, 0.1) is 11.3 Å². The van der Waals surface area contributed by atoms with Crippen molar-refractivity contribution in [1.82, 2.24) is 14.9 Å². The van der Waals surface area contributed by atoms with E-state index in [0.29, 0.717) is 6.04 Å². The number of hydrogen-bond donors (Lipinski definition) is 1. The van der Waals surface area contributed by atoms with Gasteiger partial charge in [-0.1, -0.05) is 13.0 Å². The third-order valence-electron chi connectivity index (χ3n) is 4.40. The molecule has 1 aromatic heterocycles. The molecule has 1 atom stereocenters. The molecular formula is C18H20N4. The first-order chi connectivity index (χ1) is 10.7. The Morgan fingerprint density at radius 2 is 2.36 bits per heavy atom. The molecule has 2 aromatic rings. The number of aromatic nitrogens is 2. The number of nitriles is 1. The number of hydrogen-bond acceptors (Lipinski definition) is 3. The van der Waals surface area contributed by atoms with E-state index in [1.807, 2.05) is 18.3 Å². The van der Waals surface area contributed by atoms with Gasteiger partial charge >= 0.3 is 0 Å². The highest BCUT2D eigenvalue weighted by Gasteiger charge is 2.23. The van der Waals surface area contributed by atoms with Crippen molar-refractivity contribution in [2.75, 3.05) is 7.05 Å². The smallest absolute Gasteiger partial charge is 0.0991 e. The van der Waals surface area contributed by atoms with Crippen LogP contribution in [0.2, 0.25) is 0 Å². The van der Waals surface area contributed by atoms with E-state index in [1.165, 1.54) is 16.7 Å². The van der Waals surface area contributed by atoms with Crippen molar-refractivity contribution in [2.24, 2.45) is 0 Å². The Labute approximate surface area is 131 Å². The fourth-order valence-corrected chi connectivity index (χ4v) is 3.15. The van der Waals surface area contributed by atoms with Crippen LogP contribution in [0.5, 0.6) is 0 Å². The first-order valence-corrected chi connectivity index (χ1v) is 7.64. The highest BCUT2D eigenvalue weighted by Crippen LogP contribution is 2.33. The molecule has 112 valence electrons. The second-order valence-electron chi connectivity index (χ2n) is 5.84. The van der Waals surface area contributed by atoms with Gasteiger partial charge in [-0.2, -0.15) is 5.26 Å². The first-order valence-electron chi connectivity index (χ1n) is 7.64. The van der Waals surface area contributed by atoms with Gasteiger partial charge in [0.2, 0.25) is 0 Å². The van der Waals surface area contributed by atoms with Crippen LogP contribution in [0.4, 0.5) is 0 Å². The van der Waals surface area contributed by atoms with Crippen molar-refractivity contribution < 1.29 is 0 Å². The van der Waals surface area contributed by atoms with Crippen LogP contribution in [0.15, 0.2) is 30.7 Å². The average Bonchev–Trinajstić information content (AvgIpc) is 2.99. The Bertz CT molecular complexity index is 722. The normalized spacial score (nSPS) is 20.4. The van der Waals surface area contributed by atoms with Crippen LogP contribution in [-0.2, 0) is 6.54 Å².